The van der Waals surface area contributed by atoms with Gasteiger partial charge in [0.15, 0.2) is 5.17 Å². The summed E-state index contributed by atoms with van der Waals surface area (Å²) in [5, 5.41) is 5.99. The molecule has 2 heterocycles. The van der Waals surface area contributed by atoms with Gasteiger partial charge in [0, 0.05) is 34.6 Å². The zero-order valence-corrected chi connectivity index (χ0v) is 19.0. The number of halogens is 1. The molecule has 4 rings (SSSR count). The molecule has 0 saturated carbocycles. The first kappa shape index (κ1) is 21.5. The maximum absolute atomic E-state index is 12.8. The Bertz CT molecular complexity index is 1120. The Hall–Kier alpha value is -2.68. The number of aliphatic imine (C=N–C) groups is 1. The molecule has 1 N–H and O–H groups in total. The number of nitrogens with one attached hydrogen (secondary N) is 1. The second-order valence-electron chi connectivity index (χ2n) is 6.72. The van der Waals surface area contributed by atoms with E-state index < -0.39 is 5.25 Å². The quantitative estimate of drug-likeness (QED) is 0.520. The van der Waals surface area contributed by atoms with Crippen molar-refractivity contribution in [3.05, 3.63) is 65.0 Å². The van der Waals surface area contributed by atoms with Crippen LogP contribution >= 0.6 is 34.7 Å². The molecule has 1 fully saturated rings. The SMILES string of the molecule is CCN1C(=O)C(CC(=O)Nc2ccc(Cl)cc2)S/C1=N/c1nc(-c2ccccc2)cs1. The van der Waals surface area contributed by atoms with Gasteiger partial charge in [0.25, 0.3) is 0 Å². The molecular formula is C22H19ClN4O2S2. The summed E-state index contributed by atoms with van der Waals surface area (Å²) >= 11 is 8.60. The topological polar surface area (TPSA) is 74.7 Å². The molecule has 0 bridgehead atoms. The average molecular weight is 471 g/mol. The maximum Gasteiger partial charge on any atom is 0.242 e. The molecule has 0 spiro atoms. The van der Waals surface area contributed by atoms with Crippen LogP contribution in [-0.4, -0.2) is 38.7 Å². The predicted octanol–water partition coefficient (Wildman–Crippen LogP) is 5.44. The fourth-order valence-corrected chi connectivity index (χ4v) is 5.15. The van der Waals surface area contributed by atoms with Crippen LogP contribution in [0.2, 0.25) is 5.02 Å². The summed E-state index contributed by atoms with van der Waals surface area (Å²) < 4.78 is 0. The normalized spacial score (nSPS) is 17.4. The van der Waals surface area contributed by atoms with Crippen LogP contribution in [0.5, 0.6) is 0 Å². The highest BCUT2D eigenvalue weighted by molar-refractivity contribution is 8.15. The molecule has 1 aliphatic rings. The smallest absolute Gasteiger partial charge is 0.242 e. The summed E-state index contributed by atoms with van der Waals surface area (Å²) in [7, 11) is 0. The van der Waals surface area contributed by atoms with E-state index in [9.17, 15) is 9.59 Å². The standard InChI is InChI=1S/C22H19ClN4O2S2/c1-2-27-20(29)18(12-19(28)24-16-10-8-15(23)9-11-16)31-22(27)26-21-25-17(13-30-21)14-6-4-3-5-7-14/h3-11,13,18H,2,12H2,1H3,(H,24,28)/b26-22+. The largest absolute Gasteiger partial charge is 0.326 e. The van der Waals surface area contributed by atoms with Gasteiger partial charge in [0.2, 0.25) is 16.9 Å². The van der Waals surface area contributed by atoms with Crippen LogP contribution in [-0.2, 0) is 9.59 Å². The zero-order chi connectivity index (χ0) is 21.8. The number of hydrogen-bond acceptors (Lipinski definition) is 6. The molecule has 1 saturated heterocycles. The number of amidine groups is 1. The molecule has 0 aliphatic carbocycles. The fraction of sp³-hybridized carbons (Fsp3) is 0.182. The Morgan fingerprint density at radius 1 is 1.19 bits per heavy atom. The number of nitrogens with zero attached hydrogens (tertiary/aromatic N) is 3. The van der Waals surface area contributed by atoms with Gasteiger partial charge in [-0.1, -0.05) is 53.7 Å². The van der Waals surface area contributed by atoms with Crippen molar-refractivity contribution in [1.29, 1.82) is 0 Å². The monoisotopic (exact) mass is 470 g/mol. The van der Waals surface area contributed by atoms with E-state index in [1.165, 1.54) is 23.1 Å². The Balaban J connectivity index is 1.46. The minimum Gasteiger partial charge on any atom is -0.326 e. The minimum absolute atomic E-state index is 0.0643. The van der Waals surface area contributed by atoms with Crippen molar-refractivity contribution in [3.8, 4) is 11.3 Å². The van der Waals surface area contributed by atoms with Crippen molar-refractivity contribution < 1.29 is 9.59 Å². The van der Waals surface area contributed by atoms with Gasteiger partial charge in [-0.2, -0.15) is 4.99 Å². The van der Waals surface area contributed by atoms with Crippen LogP contribution in [0.15, 0.2) is 65.0 Å². The van der Waals surface area contributed by atoms with Crippen molar-refractivity contribution in [2.24, 2.45) is 4.99 Å². The molecule has 158 valence electrons. The lowest BCUT2D eigenvalue weighted by Crippen LogP contribution is -2.33. The lowest BCUT2D eigenvalue weighted by atomic mass is 10.2. The number of benzene rings is 2. The highest BCUT2D eigenvalue weighted by atomic mass is 35.5. The third-order valence-electron chi connectivity index (χ3n) is 4.59. The summed E-state index contributed by atoms with van der Waals surface area (Å²) in [6, 6.07) is 16.7. The van der Waals surface area contributed by atoms with Gasteiger partial charge < -0.3 is 5.32 Å². The summed E-state index contributed by atoms with van der Waals surface area (Å²) in [6.45, 7) is 2.37. The van der Waals surface area contributed by atoms with E-state index in [1.807, 2.05) is 42.6 Å². The first-order valence-electron chi connectivity index (χ1n) is 9.66. The van der Waals surface area contributed by atoms with Gasteiger partial charge >= 0.3 is 0 Å². The Kier molecular flexibility index (Phi) is 6.70. The van der Waals surface area contributed by atoms with Crippen LogP contribution in [0.3, 0.4) is 0 Å². The molecule has 1 aliphatic heterocycles. The lowest BCUT2D eigenvalue weighted by Gasteiger charge is -2.12. The number of hydrogen-bond donors (Lipinski definition) is 1. The third-order valence-corrected chi connectivity index (χ3v) is 6.75. The third kappa shape index (κ3) is 5.15. The number of aromatic nitrogens is 1. The number of carbonyl (C=O) groups excluding carboxylic acids is 2. The molecule has 1 aromatic heterocycles. The summed E-state index contributed by atoms with van der Waals surface area (Å²) in [6.07, 6.45) is 0.0643. The van der Waals surface area contributed by atoms with Crippen molar-refractivity contribution in [3.63, 3.8) is 0 Å². The van der Waals surface area contributed by atoms with Crippen LogP contribution in [0.25, 0.3) is 11.3 Å². The molecule has 2 amide bonds. The van der Waals surface area contributed by atoms with Crippen LogP contribution in [0.1, 0.15) is 13.3 Å². The number of anilines is 1. The lowest BCUT2D eigenvalue weighted by molar-refractivity contribution is -0.128. The number of carbonyl (C=O) groups is 2. The van der Waals surface area contributed by atoms with Crippen LogP contribution in [0.4, 0.5) is 10.8 Å². The summed E-state index contributed by atoms with van der Waals surface area (Å²) in [5.74, 6) is -0.344. The second kappa shape index (κ2) is 9.64. The number of thiazole rings is 1. The molecule has 6 nitrogen and oxygen atoms in total. The van der Waals surface area contributed by atoms with E-state index in [4.69, 9.17) is 11.6 Å². The highest BCUT2D eigenvalue weighted by Crippen LogP contribution is 2.33. The van der Waals surface area contributed by atoms with E-state index in [0.29, 0.717) is 27.6 Å². The van der Waals surface area contributed by atoms with E-state index in [0.717, 1.165) is 11.3 Å². The second-order valence-corrected chi connectivity index (χ2v) is 9.17. The van der Waals surface area contributed by atoms with Gasteiger partial charge in [-0.3, -0.25) is 14.5 Å². The molecule has 3 aromatic rings. The first-order valence-corrected chi connectivity index (χ1v) is 11.8. The summed E-state index contributed by atoms with van der Waals surface area (Å²) in [4.78, 5) is 36.0. The van der Waals surface area contributed by atoms with Gasteiger partial charge in [-0.05, 0) is 31.2 Å². The van der Waals surface area contributed by atoms with Gasteiger partial charge in [-0.25, -0.2) is 4.98 Å². The average Bonchev–Trinajstić information content (AvgIpc) is 3.35. The zero-order valence-electron chi connectivity index (χ0n) is 16.6. The van der Waals surface area contributed by atoms with E-state index in [2.05, 4.69) is 15.3 Å². The van der Waals surface area contributed by atoms with E-state index >= 15 is 0 Å². The van der Waals surface area contributed by atoms with E-state index in [-0.39, 0.29) is 18.2 Å². The number of rotatable bonds is 6. The highest BCUT2D eigenvalue weighted by Gasteiger charge is 2.38. The predicted molar refractivity (Wildman–Crippen MR) is 128 cm³/mol. The Labute approximate surface area is 193 Å². The number of thioether (sulfide) groups is 1. The Morgan fingerprint density at radius 3 is 2.65 bits per heavy atom. The van der Waals surface area contributed by atoms with Crippen molar-refractivity contribution >= 4 is 62.5 Å². The minimum atomic E-state index is -0.514. The summed E-state index contributed by atoms with van der Waals surface area (Å²) in [5.41, 5.74) is 2.51. The fourth-order valence-electron chi connectivity index (χ4n) is 3.07. The van der Waals surface area contributed by atoms with Crippen molar-refractivity contribution in [2.75, 3.05) is 11.9 Å². The van der Waals surface area contributed by atoms with Crippen LogP contribution < -0.4 is 5.32 Å². The molecule has 9 heteroatoms. The first-order chi connectivity index (χ1) is 15.0. The van der Waals surface area contributed by atoms with Gasteiger partial charge in [0.05, 0.1) is 5.69 Å². The molecule has 1 atom stereocenters. The Morgan fingerprint density at radius 2 is 1.94 bits per heavy atom. The number of amides is 2. The molecule has 0 radical (unpaired) electrons. The van der Waals surface area contributed by atoms with Crippen LogP contribution in [0, 0.1) is 0 Å². The molecule has 31 heavy (non-hydrogen) atoms. The molecular weight excluding hydrogens is 452 g/mol. The van der Waals surface area contributed by atoms with E-state index in [1.54, 1.807) is 29.2 Å². The maximum atomic E-state index is 12.8. The van der Waals surface area contributed by atoms with Gasteiger partial charge in [-0.15, -0.1) is 11.3 Å². The molecule has 1 unspecified atom stereocenters. The van der Waals surface area contributed by atoms with Gasteiger partial charge in [0.1, 0.15) is 5.25 Å². The van der Waals surface area contributed by atoms with Crippen molar-refractivity contribution in [2.45, 2.75) is 18.6 Å². The van der Waals surface area contributed by atoms with Crippen molar-refractivity contribution in [1.82, 2.24) is 9.88 Å². The molecule has 2 aromatic carbocycles.